The first kappa shape index (κ1) is 11.2. The fourth-order valence-electron chi connectivity index (χ4n) is 1.88. The summed E-state index contributed by atoms with van der Waals surface area (Å²) in [5, 5.41) is 0.477. The summed E-state index contributed by atoms with van der Waals surface area (Å²) in [7, 11) is 0. The molecule has 0 bridgehead atoms. The molecule has 0 saturated carbocycles. The Morgan fingerprint density at radius 1 is 1.39 bits per heavy atom. The predicted molar refractivity (Wildman–Crippen MR) is 70.5 cm³/mol. The van der Waals surface area contributed by atoms with Crippen molar-refractivity contribution in [2.75, 3.05) is 5.73 Å². The van der Waals surface area contributed by atoms with Gasteiger partial charge in [-0.2, -0.15) is 0 Å². The maximum atomic E-state index is 5.96. The summed E-state index contributed by atoms with van der Waals surface area (Å²) in [5.41, 5.74) is 8.39. The van der Waals surface area contributed by atoms with Crippen molar-refractivity contribution in [2.45, 2.75) is 13.3 Å². The van der Waals surface area contributed by atoms with E-state index in [4.69, 9.17) is 26.2 Å². The predicted octanol–water partition coefficient (Wildman–Crippen LogP) is 3.89. The van der Waals surface area contributed by atoms with Gasteiger partial charge in [-0.05, 0) is 12.1 Å². The van der Waals surface area contributed by atoms with Gasteiger partial charge in [0.25, 0.3) is 0 Å². The van der Waals surface area contributed by atoms with Crippen LogP contribution in [0.4, 0.5) is 5.69 Å². The summed E-state index contributed by atoms with van der Waals surface area (Å²) in [4.78, 5) is 4.40. The molecule has 0 aliphatic carbocycles. The number of aryl methyl sites for hydroxylation is 1. The smallest absolute Gasteiger partial charge is 0.230 e. The first-order valence-corrected chi connectivity index (χ1v) is 5.99. The third-order valence-electron chi connectivity index (χ3n) is 2.80. The average Bonchev–Trinajstić information content (AvgIpc) is 2.95. The molecule has 0 saturated heterocycles. The second kappa shape index (κ2) is 4.07. The number of oxazole rings is 1. The maximum absolute atomic E-state index is 5.96. The van der Waals surface area contributed by atoms with Gasteiger partial charge >= 0.3 is 0 Å². The number of rotatable bonds is 2. The van der Waals surface area contributed by atoms with Crippen molar-refractivity contribution in [2.24, 2.45) is 0 Å². The minimum atomic E-state index is 0.477. The number of anilines is 1. The van der Waals surface area contributed by atoms with Gasteiger partial charge in [-0.1, -0.05) is 18.5 Å². The van der Waals surface area contributed by atoms with Crippen LogP contribution in [0.1, 0.15) is 12.7 Å². The van der Waals surface area contributed by atoms with Crippen LogP contribution < -0.4 is 5.73 Å². The number of hydrogen-bond donors (Lipinski definition) is 1. The van der Waals surface area contributed by atoms with Crippen molar-refractivity contribution in [1.29, 1.82) is 0 Å². The van der Waals surface area contributed by atoms with Gasteiger partial charge in [0.15, 0.2) is 5.58 Å². The molecule has 0 aliphatic heterocycles. The van der Waals surface area contributed by atoms with E-state index in [1.807, 2.05) is 13.0 Å². The quantitative estimate of drug-likeness (QED) is 0.712. The normalized spacial score (nSPS) is 11.2. The van der Waals surface area contributed by atoms with Gasteiger partial charge in [0, 0.05) is 12.5 Å². The highest BCUT2D eigenvalue weighted by Gasteiger charge is 2.14. The van der Waals surface area contributed by atoms with Crippen LogP contribution >= 0.6 is 11.6 Å². The molecule has 2 heterocycles. The molecule has 0 radical (unpaired) electrons. The molecule has 4 nitrogen and oxygen atoms in total. The fraction of sp³-hybridized carbons (Fsp3) is 0.154. The SMILES string of the molecule is CCc1occc1-c1nc2cc(Cl)c(N)cc2o1. The van der Waals surface area contributed by atoms with E-state index < -0.39 is 0 Å². The zero-order valence-electron chi connectivity index (χ0n) is 9.74. The first-order chi connectivity index (χ1) is 8.69. The molecular weight excluding hydrogens is 252 g/mol. The number of nitrogen functional groups attached to an aromatic ring is 1. The number of nitrogens with zero attached hydrogens (tertiary/aromatic N) is 1. The number of nitrogens with two attached hydrogens (primary N) is 1. The summed E-state index contributed by atoms with van der Waals surface area (Å²) in [6.45, 7) is 2.01. The Hall–Kier alpha value is -1.94. The molecular formula is C13H11ClN2O2. The standard InChI is InChI=1S/C13H11ClN2O2/c1-2-11-7(3-4-17-11)13-16-10-5-8(14)9(15)6-12(10)18-13/h3-6H,2,15H2,1H3. The van der Waals surface area contributed by atoms with Crippen molar-refractivity contribution in [3.8, 4) is 11.5 Å². The third-order valence-corrected chi connectivity index (χ3v) is 3.13. The van der Waals surface area contributed by atoms with E-state index in [2.05, 4.69) is 4.98 Å². The summed E-state index contributed by atoms with van der Waals surface area (Å²) < 4.78 is 11.0. The van der Waals surface area contributed by atoms with Crippen LogP contribution in [0.3, 0.4) is 0 Å². The summed E-state index contributed by atoms with van der Waals surface area (Å²) >= 11 is 5.96. The van der Waals surface area contributed by atoms with Crippen molar-refractivity contribution < 1.29 is 8.83 Å². The van der Waals surface area contributed by atoms with Crippen molar-refractivity contribution in [1.82, 2.24) is 4.98 Å². The van der Waals surface area contributed by atoms with Crippen LogP contribution in [0, 0.1) is 0 Å². The lowest BCUT2D eigenvalue weighted by Crippen LogP contribution is -1.84. The summed E-state index contributed by atoms with van der Waals surface area (Å²) in [5.74, 6) is 1.37. The highest BCUT2D eigenvalue weighted by Crippen LogP contribution is 2.31. The van der Waals surface area contributed by atoms with Crippen LogP contribution in [-0.2, 0) is 6.42 Å². The zero-order chi connectivity index (χ0) is 12.7. The van der Waals surface area contributed by atoms with Crippen LogP contribution in [0.15, 0.2) is 33.3 Å². The largest absolute Gasteiger partial charge is 0.469 e. The van der Waals surface area contributed by atoms with Crippen LogP contribution in [0.5, 0.6) is 0 Å². The molecule has 2 aromatic heterocycles. The van der Waals surface area contributed by atoms with E-state index in [1.165, 1.54) is 0 Å². The molecule has 0 unspecified atom stereocenters. The van der Waals surface area contributed by atoms with E-state index in [1.54, 1.807) is 18.4 Å². The zero-order valence-corrected chi connectivity index (χ0v) is 10.5. The molecule has 0 spiro atoms. The van der Waals surface area contributed by atoms with Crippen LogP contribution in [-0.4, -0.2) is 4.98 Å². The fourth-order valence-corrected chi connectivity index (χ4v) is 2.04. The second-order valence-corrected chi connectivity index (χ2v) is 4.38. The molecule has 0 fully saturated rings. The molecule has 5 heteroatoms. The maximum Gasteiger partial charge on any atom is 0.230 e. The lowest BCUT2D eigenvalue weighted by atomic mass is 10.2. The van der Waals surface area contributed by atoms with E-state index in [0.29, 0.717) is 27.7 Å². The number of furan rings is 1. The molecule has 0 aliphatic rings. The van der Waals surface area contributed by atoms with E-state index in [-0.39, 0.29) is 0 Å². The molecule has 3 rings (SSSR count). The Labute approximate surface area is 108 Å². The number of fused-ring (bicyclic) bond motifs is 1. The van der Waals surface area contributed by atoms with Gasteiger partial charge in [-0.25, -0.2) is 4.98 Å². The molecule has 0 atom stereocenters. The summed E-state index contributed by atoms with van der Waals surface area (Å²) in [6.07, 6.45) is 2.41. The van der Waals surface area contributed by atoms with E-state index in [9.17, 15) is 0 Å². The number of aromatic nitrogens is 1. The van der Waals surface area contributed by atoms with E-state index >= 15 is 0 Å². The number of hydrogen-bond acceptors (Lipinski definition) is 4. The molecule has 0 amide bonds. The van der Waals surface area contributed by atoms with Gasteiger partial charge in [0.05, 0.1) is 22.5 Å². The second-order valence-electron chi connectivity index (χ2n) is 3.97. The van der Waals surface area contributed by atoms with Crippen molar-refractivity contribution in [3.05, 3.63) is 35.2 Å². The van der Waals surface area contributed by atoms with Crippen LogP contribution in [0.25, 0.3) is 22.6 Å². The van der Waals surface area contributed by atoms with Gasteiger partial charge in [0.1, 0.15) is 11.3 Å². The minimum absolute atomic E-state index is 0.477. The summed E-state index contributed by atoms with van der Waals surface area (Å²) in [6, 6.07) is 5.22. The molecule has 1 aromatic carbocycles. The third kappa shape index (κ3) is 1.66. The Morgan fingerprint density at radius 3 is 3.00 bits per heavy atom. The minimum Gasteiger partial charge on any atom is -0.469 e. The average molecular weight is 263 g/mol. The van der Waals surface area contributed by atoms with Crippen LogP contribution in [0.2, 0.25) is 5.02 Å². The number of halogens is 1. The topological polar surface area (TPSA) is 65.2 Å². The monoisotopic (exact) mass is 262 g/mol. The van der Waals surface area contributed by atoms with Gasteiger partial charge in [-0.3, -0.25) is 0 Å². The first-order valence-electron chi connectivity index (χ1n) is 5.61. The van der Waals surface area contributed by atoms with E-state index in [0.717, 1.165) is 17.7 Å². The van der Waals surface area contributed by atoms with Gasteiger partial charge < -0.3 is 14.6 Å². The van der Waals surface area contributed by atoms with Gasteiger partial charge in [0.2, 0.25) is 5.89 Å². The Bertz CT molecular complexity index is 676. The lowest BCUT2D eigenvalue weighted by Gasteiger charge is -1.94. The molecule has 18 heavy (non-hydrogen) atoms. The number of benzene rings is 1. The molecule has 3 aromatic rings. The van der Waals surface area contributed by atoms with Gasteiger partial charge in [-0.15, -0.1) is 0 Å². The highest BCUT2D eigenvalue weighted by atomic mass is 35.5. The Kier molecular flexibility index (Phi) is 2.52. The lowest BCUT2D eigenvalue weighted by molar-refractivity contribution is 0.514. The highest BCUT2D eigenvalue weighted by molar-refractivity contribution is 6.33. The Morgan fingerprint density at radius 2 is 2.22 bits per heavy atom. The van der Waals surface area contributed by atoms with Crippen molar-refractivity contribution in [3.63, 3.8) is 0 Å². The molecule has 2 N–H and O–H groups in total. The Balaban J connectivity index is 2.19. The molecule has 92 valence electrons. The van der Waals surface area contributed by atoms with Crippen molar-refractivity contribution >= 4 is 28.4 Å².